The van der Waals surface area contributed by atoms with Gasteiger partial charge in [0.15, 0.2) is 5.60 Å². The van der Waals surface area contributed by atoms with Crippen molar-refractivity contribution < 1.29 is 43.6 Å². The smallest absolute Gasteiger partial charge is 0.336 e. The van der Waals surface area contributed by atoms with E-state index in [4.69, 9.17) is 24.8 Å². The molecule has 2 heterocycles. The van der Waals surface area contributed by atoms with Gasteiger partial charge in [-0.15, -0.1) is 0 Å². The molecule has 0 aliphatic rings. The van der Waals surface area contributed by atoms with Gasteiger partial charge in [0.2, 0.25) is 0 Å². The summed E-state index contributed by atoms with van der Waals surface area (Å²) in [5.41, 5.74) is -0.917. The average molecular weight is 505 g/mol. The molecular weight excluding hydrogens is 477 g/mol. The van der Waals surface area contributed by atoms with Gasteiger partial charge in [-0.05, 0) is 18.6 Å². The number of hydrogen-bond acceptors (Lipinski definition) is 7. The van der Waals surface area contributed by atoms with E-state index in [2.05, 4.69) is 14.5 Å². The summed E-state index contributed by atoms with van der Waals surface area (Å²) in [6.07, 6.45) is 7.65. The molecule has 11 nitrogen and oxygen atoms in total. The van der Waals surface area contributed by atoms with Crippen molar-refractivity contribution in [1.29, 1.82) is 0 Å². The Kier molecular flexibility index (Phi) is 10.8. The van der Waals surface area contributed by atoms with Crippen molar-refractivity contribution in [1.82, 2.24) is 14.5 Å². The van der Waals surface area contributed by atoms with E-state index in [0.29, 0.717) is 6.54 Å². The highest BCUT2D eigenvalue weighted by molar-refractivity contribution is 5.88. The van der Waals surface area contributed by atoms with Gasteiger partial charge in [-0.25, -0.2) is 14.2 Å². The predicted octanol–water partition coefficient (Wildman–Crippen LogP) is 2.46. The number of halogens is 1. The minimum atomic E-state index is -2.74. The van der Waals surface area contributed by atoms with Crippen LogP contribution in [0.2, 0.25) is 0 Å². The zero-order valence-corrected chi connectivity index (χ0v) is 19.4. The molecule has 3 aromatic rings. The second-order valence-corrected chi connectivity index (χ2v) is 8.07. The van der Waals surface area contributed by atoms with Crippen molar-refractivity contribution in [2.45, 2.75) is 44.5 Å². The quantitative estimate of drug-likeness (QED) is 0.271. The number of furan rings is 1. The molecule has 0 fully saturated rings. The Morgan fingerprint density at radius 2 is 1.75 bits per heavy atom. The van der Waals surface area contributed by atoms with E-state index in [-0.39, 0.29) is 5.82 Å². The van der Waals surface area contributed by atoms with E-state index in [9.17, 15) is 18.8 Å². The number of aryl methyl sites for hydroxylation is 1. The van der Waals surface area contributed by atoms with Crippen LogP contribution in [0.4, 0.5) is 4.39 Å². The molecule has 3 rings (SSSR count). The average Bonchev–Trinajstić information content (AvgIpc) is 3.49. The summed E-state index contributed by atoms with van der Waals surface area (Å²) in [4.78, 5) is 36.8. The third-order valence-electron chi connectivity index (χ3n) is 5.07. The van der Waals surface area contributed by atoms with Crippen molar-refractivity contribution in [3.8, 4) is 0 Å². The number of aliphatic hydroxyl groups is 1. The molecule has 0 unspecified atom stereocenters. The number of carboxylic acids is 3. The largest absolute Gasteiger partial charge is 0.481 e. The molecule has 0 aliphatic heterocycles. The lowest BCUT2D eigenvalue weighted by Crippen LogP contribution is -2.42. The van der Waals surface area contributed by atoms with Crippen molar-refractivity contribution in [3.05, 3.63) is 78.5 Å². The first-order chi connectivity index (χ1) is 17.1. The summed E-state index contributed by atoms with van der Waals surface area (Å²) in [7, 11) is 0. The van der Waals surface area contributed by atoms with Crippen LogP contribution in [0.5, 0.6) is 0 Å². The van der Waals surface area contributed by atoms with Crippen LogP contribution in [0.1, 0.15) is 30.4 Å². The normalized spacial score (nSPS) is 11.1. The maximum Gasteiger partial charge on any atom is 0.336 e. The third-order valence-corrected chi connectivity index (χ3v) is 5.07. The van der Waals surface area contributed by atoms with Crippen molar-refractivity contribution >= 4 is 17.9 Å². The minimum Gasteiger partial charge on any atom is -0.481 e. The molecule has 0 atom stereocenters. The van der Waals surface area contributed by atoms with Gasteiger partial charge in [-0.3, -0.25) is 14.5 Å². The van der Waals surface area contributed by atoms with Gasteiger partial charge in [0.25, 0.3) is 0 Å². The number of imidazole rings is 1. The molecule has 12 heteroatoms. The Hall–Kier alpha value is -4.03. The van der Waals surface area contributed by atoms with Crippen LogP contribution in [-0.2, 0) is 34.0 Å². The minimum absolute atomic E-state index is 0.153. The molecule has 0 radical (unpaired) electrons. The number of carboxylic acid groups (broad SMARTS) is 3. The molecule has 4 N–H and O–H groups in total. The van der Waals surface area contributed by atoms with Gasteiger partial charge in [-0.1, -0.05) is 18.2 Å². The van der Waals surface area contributed by atoms with Crippen LogP contribution < -0.4 is 0 Å². The monoisotopic (exact) mass is 505 g/mol. The van der Waals surface area contributed by atoms with Gasteiger partial charge in [0, 0.05) is 49.7 Å². The van der Waals surface area contributed by atoms with Gasteiger partial charge < -0.3 is 29.4 Å². The molecule has 0 aliphatic carbocycles. The topological polar surface area (TPSA) is 166 Å². The first-order valence-electron chi connectivity index (χ1n) is 10.9. The lowest BCUT2D eigenvalue weighted by atomic mass is 9.96. The lowest BCUT2D eigenvalue weighted by molar-refractivity contribution is -0.170. The molecule has 0 spiro atoms. The van der Waals surface area contributed by atoms with E-state index < -0.39 is 36.4 Å². The Bertz CT molecular complexity index is 1090. The highest BCUT2D eigenvalue weighted by Gasteiger charge is 2.40. The van der Waals surface area contributed by atoms with E-state index in [0.717, 1.165) is 37.2 Å². The number of nitrogens with zero attached hydrogens (tertiary/aromatic N) is 3. The lowest BCUT2D eigenvalue weighted by Gasteiger charge is -2.22. The fourth-order valence-corrected chi connectivity index (χ4v) is 3.33. The number of hydrogen-bond donors (Lipinski definition) is 4. The summed E-state index contributed by atoms with van der Waals surface area (Å²) in [6, 6.07) is 8.90. The molecule has 36 heavy (non-hydrogen) atoms. The first-order valence-corrected chi connectivity index (χ1v) is 10.9. The second-order valence-electron chi connectivity index (χ2n) is 8.07. The molecule has 2 aromatic heterocycles. The third kappa shape index (κ3) is 9.68. The molecule has 0 saturated heterocycles. The zero-order chi connectivity index (χ0) is 26.6. The highest BCUT2D eigenvalue weighted by Crippen LogP contribution is 2.16. The summed E-state index contributed by atoms with van der Waals surface area (Å²) in [5, 5.41) is 33.8. The standard InChI is InChI=1S/C18H20FN3O.C6H8O7/c19-18-5-2-1-4-17(18)13-22(12-16-6-11-23-14-16)9-3-8-21-10-7-20-15-21;7-3(8)1-6(13,5(11)12)2-4(9)10/h1-2,4-7,10-11,14-15H,3,8-9,12-13H2;13H,1-2H2,(H,7,8)(H,9,10)(H,11,12). The molecule has 194 valence electrons. The zero-order valence-electron chi connectivity index (χ0n) is 19.4. The van der Waals surface area contributed by atoms with Crippen molar-refractivity contribution in [2.24, 2.45) is 0 Å². The molecule has 0 bridgehead atoms. The Balaban J connectivity index is 0.000000302. The maximum absolute atomic E-state index is 13.9. The van der Waals surface area contributed by atoms with Crippen LogP contribution in [0.15, 0.2) is 66.0 Å². The predicted molar refractivity (Wildman–Crippen MR) is 123 cm³/mol. The summed E-state index contributed by atoms with van der Waals surface area (Å²) < 4.78 is 21.1. The van der Waals surface area contributed by atoms with Gasteiger partial charge >= 0.3 is 17.9 Å². The molecule has 0 amide bonds. The van der Waals surface area contributed by atoms with Crippen LogP contribution in [0, 0.1) is 5.82 Å². The Morgan fingerprint density at radius 3 is 2.28 bits per heavy atom. The van der Waals surface area contributed by atoms with Crippen LogP contribution in [0.25, 0.3) is 0 Å². The van der Waals surface area contributed by atoms with Crippen molar-refractivity contribution in [3.63, 3.8) is 0 Å². The van der Waals surface area contributed by atoms with E-state index in [1.54, 1.807) is 24.8 Å². The maximum atomic E-state index is 13.9. The Morgan fingerprint density at radius 1 is 1.06 bits per heavy atom. The van der Waals surface area contributed by atoms with Crippen LogP contribution >= 0.6 is 0 Å². The van der Waals surface area contributed by atoms with Gasteiger partial charge in [-0.2, -0.15) is 0 Å². The summed E-state index contributed by atoms with van der Waals surface area (Å²) >= 11 is 0. The first kappa shape index (κ1) is 28.2. The molecule has 1 aromatic carbocycles. The number of rotatable bonds is 13. The number of aromatic nitrogens is 2. The second kappa shape index (κ2) is 13.8. The van der Waals surface area contributed by atoms with E-state index in [1.807, 2.05) is 30.7 Å². The van der Waals surface area contributed by atoms with Crippen LogP contribution in [-0.4, -0.2) is 64.9 Å². The van der Waals surface area contributed by atoms with Crippen molar-refractivity contribution in [2.75, 3.05) is 6.54 Å². The molecular formula is C24H28FN3O8. The van der Waals surface area contributed by atoms with Gasteiger partial charge in [0.1, 0.15) is 5.82 Å². The van der Waals surface area contributed by atoms with E-state index >= 15 is 0 Å². The summed E-state index contributed by atoms with van der Waals surface area (Å²) in [5.74, 6) is -5.17. The number of aliphatic carboxylic acids is 3. The molecule has 0 saturated carbocycles. The fourth-order valence-electron chi connectivity index (χ4n) is 3.33. The van der Waals surface area contributed by atoms with Gasteiger partial charge in [0.05, 0.1) is 31.7 Å². The van der Waals surface area contributed by atoms with E-state index in [1.165, 1.54) is 6.07 Å². The summed E-state index contributed by atoms with van der Waals surface area (Å²) in [6.45, 7) is 3.10. The number of benzene rings is 1. The number of carbonyl (C=O) groups is 3. The Labute approximate surface area is 206 Å². The fraction of sp³-hybridized carbons (Fsp3) is 0.333. The SMILES string of the molecule is Fc1ccccc1CN(CCCn1ccnc1)Cc1ccoc1.O=C(O)CC(O)(CC(=O)O)C(=O)O. The van der Waals surface area contributed by atoms with Crippen LogP contribution in [0.3, 0.4) is 0 Å². The highest BCUT2D eigenvalue weighted by atomic mass is 19.1.